The third kappa shape index (κ3) is 2.62. The molecule has 25 heavy (non-hydrogen) atoms. The van der Waals surface area contributed by atoms with Gasteiger partial charge in [-0.2, -0.15) is 0 Å². The van der Waals surface area contributed by atoms with E-state index in [4.69, 9.17) is 23.7 Å². The van der Waals surface area contributed by atoms with Crippen LogP contribution in [-0.4, -0.2) is 34.7 Å². The van der Waals surface area contributed by atoms with Crippen molar-refractivity contribution in [3.8, 4) is 28.7 Å². The van der Waals surface area contributed by atoms with Crippen molar-refractivity contribution in [1.29, 1.82) is 0 Å². The lowest BCUT2D eigenvalue weighted by Gasteiger charge is -2.28. The van der Waals surface area contributed by atoms with Gasteiger partial charge in [0, 0.05) is 6.54 Å². The van der Waals surface area contributed by atoms with Crippen LogP contribution in [0.5, 0.6) is 28.7 Å². The summed E-state index contributed by atoms with van der Waals surface area (Å²) < 4.78 is 27.5. The molecule has 0 spiro atoms. The maximum atomic E-state index is 5.56. The first-order valence-electron chi connectivity index (χ1n) is 8.21. The maximum absolute atomic E-state index is 5.56. The van der Waals surface area contributed by atoms with Gasteiger partial charge in [0.15, 0.2) is 23.0 Å². The molecule has 0 saturated heterocycles. The molecule has 0 unspecified atom stereocenters. The Hall–Kier alpha value is -2.60. The van der Waals surface area contributed by atoms with E-state index in [1.807, 2.05) is 12.1 Å². The second kappa shape index (κ2) is 6.37. The van der Waals surface area contributed by atoms with Crippen molar-refractivity contribution < 1.29 is 23.7 Å². The van der Waals surface area contributed by atoms with Crippen molar-refractivity contribution in [2.45, 2.75) is 12.5 Å². The molecule has 0 aromatic heterocycles. The molecule has 2 aromatic rings. The minimum atomic E-state index is 0.0203. The Kier molecular flexibility index (Phi) is 4.05. The van der Waals surface area contributed by atoms with Gasteiger partial charge in [-0.15, -0.1) is 0 Å². The third-order valence-electron chi connectivity index (χ3n) is 4.71. The highest BCUT2D eigenvalue weighted by molar-refractivity contribution is 5.58. The first kappa shape index (κ1) is 15.9. The van der Waals surface area contributed by atoms with Gasteiger partial charge in [-0.25, -0.2) is 0 Å². The largest absolute Gasteiger partial charge is 0.493 e. The summed E-state index contributed by atoms with van der Waals surface area (Å²) in [7, 11) is 4.86. The number of ether oxygens (including phenoxy) is 5. The van der Waals surface area contributed by atoms with Gasteiger partial charge in [-0.1, -0.05) is 0 Å². The minimum absolute atomic E-state index is 0.0203. The van der Waals surface area contributed by atoms with Crippen LogP contribution in [0.4, 0.5) is 0 Å². The lowest BCUT2D eigenvalue weighted by atomic mass is 9.89. The number of rotatable bonds is 4. The smallest absolute Gasteiger partial charge is 0.231 e. The van der Waals surface area contributed by atoms with E-state index in [1.165, 1.54) is 11.1 Å². The van der Waals surface area contributed by atoms with Crippen molar-refractivity contribution in [1.82, 2.24) is 5.32 Å². The van der Waals surface area contributed by atoms with E-state index in [9.17, 15) is 0 Å². The molecule has 0 saturated carbocycles. The predicted octanol–water partition coefficient (Wildman–Crippen LogP) is 2.68. The second-order valence-electron chi connectivity index (χ2n) is 6.00. The zero-order valence-electron chi connectivity index (χ0n) is 14.5. The van der Waals surface area contributed by atoms with Crippen LogP contribution < -0.4 is 29.0 Å². The van der Waals surface area contributed by atoms with Gasteiger partial charge < -0.3 is 29.0 Å². The first-order chi connectivity index (χ1) is 12.2. The van der Waals surface area contributed by atoms with Gasteiger partial charge >= 0.3 is 0 Å². The van der Waals surface area contributed by atoms with E-state index in [2.05, 4.69) is 17.4 Å². The highest BCUT2D eigenvalue weighted by Crippen LogP contribution is 2.44. The molecule has 132 valence electrons. The van der Waals surface area contributed by atoms with Gasteiger partial charge in [0.05, 0.1) is 27.4 Å². The van der Waals surface area contributed by atoms with Crippen LogP contribution in [0.1, 0.15) is 22.7 Å². The van der Waals surface area contributed by atoms with E-state index in [0.717, 1.165) is 30.0 Å². The summed E-state index contributed by atoms with van der Waals surface area (Å²) in [4.78, 5) is 0. The Labute approximate surface area is 146 Å². The molecule has 1 atom stereocenters. The van der Waals surface area contributed by atoms with E-state index in [0.29, 0.717) is 17.2 Å². The Balaban J connectivity index is 1.81. The number of hydrogen-bond acceptors (Lipinski definition) is 6. The molecule has 0 radical (unpaired) electrons. The second-order valence-corrected chi connectivity index (χ2v) is 6.00. The summed E-state index contributed by atoms with van der Waals surface area (Å²) in [5.74, 6) is 3.50. The molecule has 1 N–H and O–H groups in total. The Bertz CT molecular complexity index is 780. The van der Waals surface area contributed by atoms with E-state index >= 15 is 0 Å². The topological polar surface area (TPSA) is 58.2 Å². The summed E-state index contributed by atoms with van der Waals surface area (Å²) in [6, 6.07) is 8.14. The van der Waals surface area contributed by atoms with E-state index in [1.54, 1.807) is 21.3 Å². The van der Waals surface area contributed by atoms with Crippen LogP contribution in [0.3, 0.4) is 0 Å². The first-order valence-corrected chi connectivity index (χ1v) is 8.21. The molecular formula is C19H21NO5. The lowest BCUT2D eigenvalue weighted by molar-refractivity contribution is 0.174. The van der Waals surface area contributed by atoms with Crippen LogP contribution in [-0.2, 0) is 6.42 Å². The van der Waals surface area contributed by atoms with E-state index in [-0.39, 0.29) is 12.8 Å². The molecule has 0 amide bonds. The molecule has 0 bridgehead atoms. The third-order valence-corrected chi connectivity index (χ3v) is 4.71. The molecule has 4 rings (SSSR count). The predicted molar refractivity (Wildman–Crippen MR) is 92.2 cm³/mol. The van der Waals surface area contributed by atoms with E-state index < -0.39 is 0 Å². The Morgan fingerprint density at radius 3 is 2.24 bits per heavy atom. The van der Waals surface area contributed by atoms with Gasteiger partial charge in [0.1, 0.15) is 0 Å². The van der Waals surface area contributed by atoms with Gasteiger partial charge in [-0.3, -0.25) is 0 Å². The molecule has 6 nitrogen and oxygen atoms in total. The summed E-state index contributed by atoms with van der Waals surface area (Å²) in [6.07, 6.45) is 0.951. The number of methoxy groups -OCH3 is 3. The van der Waals surface area contributed by atoms with Crippen LogP contribution in [0.15, 0.2) is 24.3 Å². The molecule has 6 heteroatoms. The van der Waals surface area contributed by atoms with Crippen molar-refractivity contribution in [2.75, 3.05) is 34.7 Å². The normalized spacial score (nSPS) is 17.8. The summed E-state index contributed by atoms with van der Waals surface area (Å²) in [6.45, 7) is 1.16. The number of benzene rings is 2. The molecule has 2 aliphatic rings. The highest BCUT2D eigenvalue weighted by Gasteiger charge is 2.27. The fourth-order valence-corrected chi connectivity index (χ4v) is 3.51. The Morgan fingerprint density at radius 2 is 1.60 bits per heavy atom. The van der Waals surface area contributed by atoms with Crippen molar-refractivity contribution >= 4 is 0 Å². The molecular weight excluding hydrogens is 322 g/mol. The number of hydrogen-bond donors (Lipinski definition) is 1. The summed E-state index contributed by atoms with van der Waals surface area (Å²) in [5.41, 5.74) is 3.50. The fourth-order valence-electron chi connectivity index (χ4n) is 3.51. The number of nitrogens with one attached hydrogen (secondary N) is 1. The monoisotopic (exact) mass is 343 g/mol. The molecule has 0 fully saturated rings. The van der Waals surface area contributed by atoms with Crippen molar-refractivity contribution in [3.63, 3.8) is 0 Å². The van der Waals surface area contributed by atoms with Gasteiger partial charge in [0.25, 0.3) is 0 Å². The Morgan fingerprint density at radius 1 is 0.920 bits per heavy atom. The van der Waals surface area contributed by atoms with Crippen LogP contribution in [0.25, 0.3) is 0 Å². The molecule has 2 aliphatic heterocycles. The number of fused-ring (bicyclic) bond motifs is 2. The average Bonchev–Trinajstić information content (AvgIpc) is 3.11. The standard InChI is InChI=1S/C19H21NO5/c1-21-16-7-12(8-17(22-2)19(16)23-3)18-13-9-15-14(24-10-25-15)6-11(13)4-5-20-18/h6-9,18,20H,4-5,10H2,1-3H3/t18-/m1/s1. The van der Waals surface area contributed by atoms with Crippen molar-refractivity contribution in [3.05, 3.63) is 41.0 Å². The quantitative estimate of drug-likeness (QED) is 0.921. The lowest BCUT2D eigenvalue weighted by Crippen LogP contribution is -2.30. The van der Waals surface area contributed by atoms with Crippen LogP contribution >= 0.6 is 0 Å². The van der Waals surface area contributed by atoms with Crippen LogP contribution in [0.2, 0.25) is 0 Å². The molecule has 2 heterocycles. The average molecular weight is 343 g/mol. The zero-order chi connectivity index (χ0) is 17.4. The summed E-state index contributed by atoms with van der Waals surface area (Å²) in [5, 5.41) is 3.57. The van der Waals surface area contributed by atoms with Gasteiger partial charge in [-0.05, 0) is 47.4 Å². The maximum Gasteiger partial charge on any atom is 0.231 e. The molecule has 2 aromatic carbocycles. The molecule has 0 aliphatic carbocycles. The minimum Gasteiger partial charge on any atom is -0.493 e. The SMILES string of the molecule is COc1cc([C@H]2NCCc3cc4c(cc32)OCO4)cc(OC)c1OC. The summed E-state index contributed by atoms with van der Waals surface area (Å²) >= 11 is 0. The van der Waals surface area contributed by atoms with Crippen LogP contribution in [0, 0.1) is 0 Å². The van der Waals surface area contributed by atoms with Gasteiger partial charge in [0.2, 0.25) is 12.5 Å². The zero-order valence-corrected chi connectivity index (χ0v) is 14.5. The fraction of sp³-hybridized carbons (Fsp3) is 0.368. The van der Waals surface area contributed by atoms with Crippen molar-refractivity contribution in [2.24, 2.45) is 0 Å². The highest BCUT2D eigenvalue weighted by atomic mass is 16.7.